The summed E-state index contributed by atoms with van der Waals surface area (Å²) in [5.41, 5.74) is 0. The monoisotopic (exact) mass is 256 g/mol. The minimum atomic E-state index is -1.08. The first kappa shape index (κ1) is 22.4. The Bertz CT molecular complexity index is 72.9. The summed E-state index contributed by atoms with van der Waals surface area (Å²) in [5.74, 6) is -2.17. The maximum absolute atomic E-state index is 8.89. The van der Waals surface area contributed by atoms with Crippen LogP contribution in [0.5, 0.6) is 0 Å². The molecule has 0 heterocycles. The van der Waals surface area contributed by atoms with E-state index in [0.29, 0.717) is 0 Å². The fourth-order valence-corrected chi connectivity index (χ4v) is 0. The third-order valence-corrected chi connectivity index (χ3v) is 0. The molecule has 0 saturated carbocycles. The molecular formula is C5H10O5Pd. The molecule has 6 heteroatoms. The average Bonchev–Trinajstić information content (AvgIpc) is 1.66. The first-order valence-electron chi connectivity index (χ1n) is 2.26. The molecule has 0 atom stereocenters. The summed E-state index contributed by atoms with van der Waals surface area (Å²) in [6.07, 6.45) is 0. The van der Waals surface area contributed by atoms with Gasteiger partial charge in [-0.3, -0.25) is 0 Å². The number of aliphatic hydroxyl groups is 1. The molecule has 5 nitrogen and oxygen atoms in total. The SMILES string of the molecule is CC(=O)[O-].CC(=O)[O-].CO.[Pd+2]. The molecule has 11 heavy (non-hydrogen) atoms. The van der Waals surface area contributed by atoms with E-state index >= 15 is 0 Å². The second-order valence-electron chi connectivity index (χ2n) is 0.983. The van der Waals surface area contributed by atoms with Crippen LogP contribution in [0.15, 0.2) is 0 Å². The van der Waals surface area contributed by atoms with E-state index in [4.69, 9.17) is 24.9 Å². The molecule has 0 aliphatic carbocycles. The molecule has 0 aliphatic heterocycles. The number of hydrogen-bond acceptors (Lipinski definition) is 5. The fraction of sp³-hybridized carbons (Fsp3) is 0.600. The van der Waals surface area contributed by atoms with E-state index in [-0.39, 0.29) is 20.4 Å². The fourth-order valence-electron chi connectivity index (χ4n) is 0. The third kappa shape index (κ3) is 2850. The number of carbonyl (C=O) groups excluding carboxylic acids is 2. The van der Waals surface area contributed by atoms with Gasteiger partial charge in [0.1, 0.15) is 0 Å². The van der Waals surface area contributed by atoms with Gasteiger partial charge in [-0.25, -0.2) is 0 Å². The molecule has 70 valence electrons. The van der Waals surface area contributed by atoms with Crippen molar-refractivity contribution in [3.8, 4) is 0 Å². The van der Waals surface area contributed by atoms with Crippen LogP contribution in [0.25, 0.3) is 0 Å². The van der Waals surface area contributed by atoms with E-state index in [9.17, 15) is 0 Å². The van der Waals surface area contributed by atoms with Gasteiger partial charge in [-0.05, 0) is 13.8 Å². The number of rotatable bonds is 0. The van der Waals surface area contributed by atoms with Crippen LogP contribution in [0.2, 0.25) is 0 Å². The number of aliphatic hydroxyl groups excluding tert-OH is 1. The predicted octanol–water partition coefficient (Wildman–Crippen LogP) is -2.88. The predicted molar refractivity (Wildman–Crippen MR) is 29.5 cm³/mol. The number of aliphatic carboxylic acids is 2. The molecule has 1 N–H and O–H groups in total. The molecule has 0 aromatic heterocycles. The van der Waals surface area contributed by atoms with Crippen molar-refractivity contribution in [2.75, 3.05) is 7.11 Å². The molecule has 0 unspecified atom stereocenters. The normalized spacial score (nSPS) is 5.09. The van der Waals surface area contributed by atoms with E-state index in [0.717, 1.165) is 21.0 Å². The zero-order valence-electron chi connectivity index (χ0n) is 6.40. The summed E-state index contributed by atoms with van der Waals surface area (Å²) in [7, 11) is 1.00. The molecule has 0 bridgehead atoms. The molecular weight excluding hydrogens is 246 g/mol. The van der Waals surface area contributed by atoms with E-state index in [1.54, 1.807) is 0 Å². The van der Waals surface area contributed by atoms with Crippen molar-refractivity contribution in [1.82, 2.24) is 0 Å². The van der Waals surface area contributed by atoms with E-state index in [1.807, 2.05) is 0 Å². The first-order valence-corrected chi connectivity index (χ1v) is 2.26. The molecule has 0 aromatic rings. The van der Waals surface area contributed by atoms with Gasteiger partial charge in [-0.1, -0.05) is 0 Å². The number of carboxylic acids is 2. The Kier molecular flexibility index (Phi) is 46.2. The summed E-state index contributed by atoms with van der Waals surface area (Å²) in [4.78, 5) is 17.8. The van der Waals surface area contributed by atoms with Crippen molar-refractivity contribution >= 4 is 11.9 Å². The van der Waals surface area contributed by atoms with Crippen LogP contribution in [-0.2, 0) is 30.0 Å². The van der Waals surface area contributed by atoms with Crippen LogP contribution in [0.3, 0.4) is 0 Å². The van der Waals surface area contributed by atoms with Crippen LogP contribution in [-0.4, -0.2) is 24.2 Å². The van der Waals surface area contributed by atoms with Crippen molar-refractivity contribution in [2.45, 2.75) is 13.8 Å². The van der Waals surface area contributed by atoms with Gasteiger partial charge in [0.05, 0.1) is 0 Å². The molecule has 0 radical (unpaired) electrons. The van der Waals surface area contributed by atoms with Gasteiger partial charge in [-0.15, -0.1) is 0 Å². The van der Waals surface area contributed by atoms with E-state index in [1.165, 1.54) is 0 Å². The van der Waals surface area contributed by atoms with Gasteiger partial charge in [0, 0.05) is 19.0 Å². The average molecular weight is 257 g/mol. The molecule has 0 aromatic carbocycles. The molecule has 0 aliphatic rings. The van der Waals surface area contributed by atoms with Gasteiger partial charge in [0.2, 0.25) is 0 Å². The zero-order chi connectivity index (χ0) is 9.15. The summed E-state index contributed by atoms with van der Waals surface area (Å²) >= 11 is 0. The van der Waals surface area contributed by atoms with Crippen molar-refractivity contribution in [1.29, 1.82) is 0 Å². The largest absolute Gasteiger partial charge is 2.00 e. The Morgan fingerprint density at radius 1 is 1.00 bits per heavy atom. The van der Waals surface area contributed by atoms with Gasteiger partial charge in [-0.2, -0.15) is 0 Å². The summed E-state index contributed by atoms with van der Waals surface area (Å²) in [5, 5.41) is 24.8. The standard InChI is InChI=1S/2C2H4O2.CH4O.Pd/c2*1-2(3)4;1-2;/h2*1H3,(H,3,4);2H,1H3;/q;;;+2/p-2. The van der Waals surface area contributed by atoms with Crippen LogP contribution in [0.1, 0.15) is 13.8 Å². The Balaban J connectivity index is -0.0000000339. The van der Waals surface area contributed by atoms with E-state index in [2.05, 4.69) is 0 Å². The molecule has 0 amide bonds. The third-order valence-electron chi connectivity index (χ3n) is 0. The number of carboxylic acid groups (broad SMARTS) is 2. The molecule has 0 spiro atoms. The quantitative estimate of drug-likeness (QED) is 0.469. The van der Waals surface area contributed by atoms with Gasteiger partial charge >= 0.3 is 20.4 Å². The summed E-state index contributed by atoms with van der Waals surface area (Å²) in [6.45, 7) is 1.94. The van der Waals surface area contributed by atoms with Crippen LogP contribution >= 0.6 is 0 Å². The Morgan fingerprint density at radius 2 is 1.00 bits per heavy atom. The molecule has 0 saturated heterocycles. The number of carbonyl (C=O) groups is 2. The number of hydrogen-bond donors (Lipinski definition) is 1. The topological polar surface area (TPSA) is 100 Å². The maximum atomic E-state index is 8.89. The maximum Gasteiger partial charge on any atom is 2.00 e. The van der Waals surface area contributed by atoms with Gasteiger partial charge in [0.15, 0.2) is 0 Å². The Hall–Kier alpha value is -0.438. The van der Waals surface area contributed by atoms with Crippen molar-refractivity contribution in [2.24, 2.45) is 0 Å². The van der Waals surface area contributed by atoms with Crippen molar-refractivity contribution < 1.29 is 45.3 Å². The molecule has 0 rings (SSSR count). The second-order valence-corrected chi connectivity index (χ2v) is 0.983. The first-order chi connectivity index (χ1) is 4.46. The van der Waals surface area contributed by atoms with Crippen molar-refractivity contribution in [3.05, 3.63) is 0 Å². The summed E-state index contributed by atoms with van der Waals surface area (Å²) < 4.78 is 0. The van der Waals surface area contributed by atoms with Crippen LogP contribution in [0.4, 0.5) is 0 Å². The van der Waals surface area contributed by atoms with Gasteiger partial charge < -0.3 is 24.9 Å². The minimum absolute atomic E-state index is 0. The van der Waals surface area contributed by atoms with Gasteiger partial charge in [0.25, 0.3) is 0 Å². The Labute approximate surface area is 78.7 Å². The van der Waals surface area contributed by atoms with Crippen LogP contribution < -0.4 is 10.2 Å². The summed E-state index contributed by atoms with van der Waals surface area (Å²) in [6, 6.07) is 0. The smallest absolute Gasteiger partial charge is 0.550 e. The molecule has 0 fully saturated rings. The second kappa shape index (κ2) is 22.7. The van der Waals surface area contributed by atoms with Crippen molar-refractivity contribution in [3.63, 3.8) is 0 Å². The Morgan fingerprint density at radius 3 is 1.00 bits per heavy atom. The van der Waals surface area contributed by atoms with Crippen LogP contribution in [0, 0.1) is 0 Å². The zero-order valence-corrected chi connectivity index (χ0v) is 7.95. The minimum Gasteiger partial charge on any atom is -0.550 e. The van der Waals surface area contributed by atoms with E-state index < -0.39 is 11.9 Å².